The van der Waals surface area contributed by atoms with E-state index in [1.807, 2.05) is 61.5 Å². The first-order valence-corrected chi connectivity index (χ1v) is 8.83. The number of nitrogens with one attached hydrogen (secondary N) is 1. The summed E-state index contributed by atoms with van der Waals surface area (Å²) in [5.74, 6) is -0.0830. The van der Waals surface area contributed by atoms with E-state index in [1.165, 1.54) is 0 Å². The SMILES string of the molecule is Cc1ccccc1C(=O)c1ccc(Nc2ccccc2CCO)cc1Cl.[Ac]. The van der Waals surface area contributed by atoms with E-state index in [1.54, 1.807) is 12.1 Å². The molecular formula is C22H20AcClNO2. The quantitative estimate of drug-likeness (QED) is 0.389. The molecule has 3 nitrogen and oxygen atoms in total. The molecule has 0 heterocycles. The van der Waals surface area contributed by atoms with Gasteiger partial charge in [-0.25, -0.2) is 0 Å². The fourth-order valence-electron chi connectivity index (χ4n) is 2.89. The van der Waals surface area contributed by atoms with Crippen LogP contribution in [-0.2, 0) is 6.42 Å². The number of carbonyl (C=O) groups is 1. The molecule has 3 aromatic rings. The average molecular weight is 593 g/mol. The van der Waals surface area contributed by atoms with Gasteiger partial charge in [-0.1, -0.05) is 54.1 Å². The van der Waals surface area contributed by atoms with Crippen molar-refractivity contribution in [2.45, 2.75) is 13.3 Å². The molecule has 27 heavy (non-hydrogen) atoms. The Bertz CT molecular complexity index is 943. The molecule has 0 amide bonds. The third kappa shape index (κ3) is 5.42. The molecule has 0 unspecified atom stereocenters. The van der Waals surface area contributed by atoms with Crippen LogP contribution >= 0.6 is 11.6 Å². The van der Waals surface area contributed by atoms with Crippen molar-refractivity contribution in [3.8, 4) is 0 Å². The molecule has 135 valence electrons. The smallest absolute Gasteiger partial charge is 0.194 e. The molecule has 5 heteroatoms. The summed E-state index contributed by atoms with van der Waals surface area (Å²) >= 11 is 6.39. The summed E-state index contributed by atoms with van der Waals surface area (Å²) in [6.07, 6.45) is 0.570. The maximum Gasteiger partial charge on any atom is 0.194 e. The van der Waals surface area contributed by atoms with Gasteiger partial charge in [-0.2, -0.15) is 0 Å². The van der Waals surface area contributed by atoms with Crippen LogP contribution in [0, 0.1) is 51.0 Å². The van der Waals surface area contributed by atoms with E-state index >= 15 is 0 Å². The fraction of sp³-hybridized carbons (Fsp3) is 0.136. The molecule has 3 aromatic carbocycles. The molecule has 2 N–H and O–H groups in total. The number of aliphatic hydroxyl groups excluding tert-OH is 1. The predicted octanol–water partition coefficient (Wildman–Crippen LogP) is 5.16. The second-order valence-corrected chi connectivity index (χ2v) is 6.50. The van der Waals surface area contributed by atoms with Crippen molar-refractivity contribution in [1.29, 1.82) is 0 Å². The van der Waals surface area contributed by atoms with E-state index in [0.29, 0.717) is 22.6 Å². The Balaban J connectivity index is 0.00000261. The Labute approximate surface area is 200 Å². The zero-order valence-electron chi connectivity index (χ0n) is 15.1. The molecule has 0 aliphatic carbocycles. The number of halogens is 1. The molecule has 1 radical (unpaired) electrons. The minimum Gasteiger partial charge on any atom is -0.396 e. The van der Waals surface area contributed by atoms with E-state index in [0.717, 1.165) is 22.5 Å². The van der Waals surface area contributed by atoms with Crippen LogP contribution in [0.5, 0.6) is 0 Å². The zero-order chi connectivity index (χ0) is 18.5. The summed E-state index contributed by atoms with van der Waals surface area (Å²) in [6.45, 7) is 2.00. The molecule has 0 spiro atoms. The summed E-state index contributed by atoms with van der Waals surface area (Å²) < 4.78 is 0. The van der Waals surface area contributed by atoms with Gasteiger partial charge in [-0.3, -0.25) is 4.79 Å². The van der Waals surface area contributed by atoms with Gasteiger partial charge in [0, 0.05) is 73.2 Å². The largest absolute Gasteiger partial charge is 0.396 e. The van der Waals surface area contributed by atoms with Crippen LogP contribution in [0.25, 0.3) is 0 Å². The van der Waals surface area contributed by atoms with Gasteiger partial charge in [0.1, 0.15) is 0 Å². The standard InChI is InChI=1S/C22H20ClNO2.Ac/c1-15-6-2-4-8-18(15)22(26)19-11-10-17(14-20(19)23)24-21-9-5-3-7-16(21)12-13-25;/h2-11,14,24-25H,12-13H2,1H3;. The third-order valence-electron chi connectivity index (χ3n) is 4.28. The second kappa shape index (κ2) is 10.4. The summed E-state index contributed by atoms with van der Waals surface area (Å²) in [5, 5.41) is 12.9. The first-order valence-electron chi connectivity index (χ1n) is 8.46. The van der Waals surface area contributed by atoms with Crippen molar-refractivity contribution in [1.82, 2.24) is 0 Å². The number of para-hydroxylation sites is 1. The van der Waals surface area contributed by atoms with Crippen LogP contribution in [-0.4, -0.2) is 17.5 Å². The van der Waals surface area contributed by atoms with Crippen molar-refractivity contribution in [2.75, 3.05) is 11.9 Å². The number of aliphatic hydroxyl groups is 1. The molecule has 0 atom stereocenters. The van der Waals surface area contributed by atoms with Crippen LogP contribution in [0.15, 0.2) is 66.7 Å². The molecular weight excluding hydrogens is 573 g/mol. The summed E-state index contributed by atoms with van der Waals surface area (Å²) in [4.78, 5) is 12.8. The monoisotopic (exact) mass is 592 g/mol. The normalized spacial score (nSPS) is 10.2. The summed E-state index contributed by atoms with van der Waals surface area (Å²) in [5.41, 5.74) is 4.79. The van der Waals surface area contributed by atoms with Crippen LogP contribution in [0.3, 0.4) is 0 Å². The number of ketones is 1. The van der Waals surface area contributed by atoms with E-state index in [-0.39, 0.29) is 56.5 Å². The number of benzene rings is 3. The molecule has 0 aliphatic rings. The summed E-state index contributed by atoms with van der Waals surface area (Å²) in [7, 11) is 0. The van der Waals surface area contributed by atoms with Gasteiger partial charge in [-0.15, -0.1) is 0 Å². The van der Waals surface area contributed by atoms with Gasteiger partial charge in [0.15, 0.2) is 5.78 Å². The van der Waals surface area contributed by atoms with Crippen LogP contribution < -0.4 is 5.32 Å². The fourth-order valence-corrected chi connectivity index (χ4v) is 3.15. The number of rotatable bonds is 6. The minimum absolute atomic E-state index is 0. The summed E-state index contributed by atoms with van der Waals surface area (Å²) in [6, 6.07) is 20.6. The second-order valence-electron chi connectivity index (χ2n) is 6.09. The van der Waals surface area contributed by atoms with Crippen molar-refractivity contribution in [3.05, 3.63) is 94.0 Å². The van der Waals surface area contributed by atoms with E-state index < -0.39 is 0 Å². The van der Waals surface area contributed by atoms with Gasteiger partial charge in [0.25, 0.3) is 0 Å². The number of anilines is 2. The van der Waals surface area contributed by atoms with Gasteiger partial charge in [0.2, 0.25) is 0 Å². The molecule has 0 fully saturated rings. The van der Waals surface area contributed by atoms with E-state index in [9.17, 15) is 9.90 Å². The van der Waals surface area contributed by atoms with Crippen LogP contribution in [0.2, 0.25) is 5.02 Å². The zero-order valence-corrected chi connectivity index (χ0v) is 20.6. The maximum absolute atomic E-state index is 12.8. The van der Waals surface area contributed by atoms with Crippen molar-refractivity contribution < 1.29 is 54.0 Å². The van der Waals surface area contributed by atoms with Crippen molar-refractivity contribution in [3.63, 3.8) is 0 Å². The first-order chi connectivity index (χ1) is 12.6. The topological polar surface area (TPSA) is 49.3 Å². The van der Waals surface area contributed by atoms with Crippen LogP contribution in [0.1, 0.15) is 27.0 Å². The Morgan fingerprint density at radius 3 is 2.41 bits per heavy atom. The molecule has 0 aliphatic heterocycles. The van der Waals surface area contributed by atoms with E-state index in [2.05, 4.69) is 5.32 Å². The van der Waals surface area contributed by atoms with Gasteiger partial charge in [0.05, 0.1) is 5.02 Å². The number of aryl methyl sites for hydroxylation is 1. The molecule has 0 saturated heterocycles. The molecule has 0 bridgehead atoms. The van der Waals surface area contributed by atoms with Crippen LogP contribution in [0.4, 0.5) is 11.4 Å². The Hall–Kier alpha value is -1.18. The van der Waals surface area contributed by atoms with Crippen molar-refractivity contribution >= 4 is 28.8 Å². The molecule has 3 rings (SSSR count). The maximum atomic E-state index is 12.8. The minimum atomic E-state index is -0.0830. The third-order valence-corrected chi connectivity index (χ3v) is 4.59. The number of hydrogen-bond donors (Lipinski definition) is 2. The number of hydrogen-bond acceptors (Lipinski definition) is 3. The number of carbonyl (C=O) groups excluding carboxylic acids is 1. The molecule has 0 aromatic heterocycles. The Morgan fingerprint density at radius 1 is 1.00 bits per heavy atom. The Morgan fingerprint density at radius 2 is 1.70 bits per heavy atom. The van der Waals surface area contributed by atoms with Gasteiger partial charge >= 0.3 is 0 Å². The van der Waals surface area contributed by atoms with Gasteiger partial charge < -0.3 is 10.4 Å². The van der Waals surface area contributed by atoms with Gasteiger partial charge in [-0.05, 0) is 48.7 Å². The molecule has 0 saturated carbocycles. The first kappa shape index (κ1) is 22.1. The van der Waals surface area contributed by atoms with E-state index in [4.69, 9.17) is 11.6 Å². The predicted molar refractivity (Wildman–Crippen MR) is 107 cm³/mol. The Kier molecular flexibility index (Phi) is 8.51. The average Bonchev–Trinajstić information content (AvgIpc) is 2.64. The van der Waals surface area contributed by atoms with Crippen molar-refractivity contribution in [2.24, 2.45) is 0 Å².